The second kappa shape index (κ2) is 15.0. The van der Waals surface area contributed by atoms with Gasteiger partial charge in [-0.1, -0.05) is 176 Å². The molecule has 15 rings (SSSR count). The fourth-order valence-corrected chi connectivity index (χ4v) is 16.9. The van der Waals surface area contributed by atoms with Crippen LogP contribution < -0.4 is 4.90 Å². The number of alkyl halides is 1. The lowest BCUT2D eigenvalue weighted by atomic mass is 9.51. The Labute approximate surface area is 423 Å². The molecule has 1 nitrogen and oxygen atoms in total. The van der Waals surface area contributed by atoms with Gasteiger partial charge < -0.3 is 4.90 Å². The predicted molar refractivity (Wildman–Crippen MR) is 298 cm³/mol. The van der Waals surface area contributed by atoms with Crippen molar-refractivity contribution in [1.29, 1.82) is 0 Å². The summed E-state index contributed by atoms with van der Waals surface area (Å²) in [6, 6.07) is 71.8. The van der Waals surface area contributed by atoms with E-state index in [1.54, 1.807) is 6.07 Å². The number of hydrogen-bond donors (Lipinski definition) is 0. The van der Waals surface area contributed by atoms with Crippen LogP contribution in [0.3, 0.4) is 0 Å². The summed E-state index contributed by atoms with van der Waals surface area (Å²) in [6.07, 6.45) is 5.36. The average molecular weight is 1020 g/mol. The van der Waals surface area contributed by atoms with Crippen molar-refractivity contribution in [2.75, 3.05) is 4.90 Å². The molecule has 5 aliphatic carbocycles. The highest BCUT2D eigenvalue weighted by Gasteiger charge is 2.64. The second-order valence-electron chi connectivity index (χ2n) is 21.8. The number of halogens is 2. The molecule has 1 spiro atoms. The van der Waals surface area contributed by atoms with E-state index in [2.05, 4.69) is 223 Å². The first kappa shape index (κ1) is 41.2. The summed E-state index contributed by atoms with van der Waals surface area (Å²) in [4.78, 5) is 2.48. The van der Waals surface area contributed by atoms with Crippen molar-refractivity contribution < 1.29 is 4.39 Å². The molecule has 0 radical (unpaired) electrons. The van der Waals surface area contributed by atoms with Gasteiger partial charge in [-0.25, -0.2) is 4.39 Å². The van der Waals surface area contributed by atoms with E-state index in [0.29, 0.717) is 9.84 Å². The average Bonchev–Trinajstić information content (AvgIpc) is 3.91. The van der Waals surface area contributed by atoms with Gasteiger partial charge >= 0.3 is 0 Å². The van der Waals surface area contributed by atoms with Gasteiger partial charge in [0.25, 0.3) is 0 Å². The smallest absolute Gasteiger partial charge is 0.123 e. The third-order valence-electron chi connectivity index (χ3n) is 18.2. The summed E-state index contributed by atoms with van der Waals surface area (Å²) in [7, 11) is 0. The van der Waals surface area contributed by atoms with Crippen molar-refractivity contribution in [2.24, 2.45) is 23.7 Å². The van der Waals surface area contributed by atoms with Crippen molar-refractivity contribution >= 4 is 72.0 Å². The molecule has 6 atom stereocenters. The summed E-state index contributed by atoms with van der Waals surface area (Å²) >= 11 is 2.81. The summed E-state index contributed by atoms with van der Waals surface area (Å²) in [5.41, 5.74) is 18.4. The molecule has 70 heavy (non-hydrogen) atoms. The largest absolute Gasteiger partial charge is 0.310 e. The van der Waals surface area contributed by atoms with Crippen LogP contribution in [0.5, 0.6) is 0 Å². The van der Waals surface area contributed by atoms with Crippen molar-refractivity contribution in [3.05, 3.63) is 222 Å². The molecule has 5 aliphatic rings. The van der Waals surface area contributed by atoms with Crippen molar-refractivity contribution in [1.82, 2.24) is 0 Å². The van der Waals surface area contributed by atoms with Crippen LogP contribution >= 0.6 is 22.6 Å². The fourth-order valence-electron chi connectivity index (χ4n) is 15.1. The number of nitrogens with zero attached hydrogens (tertiary/aromatic N) is 1. The number of hydrogen-bond acceptors (Lipinski definition) is 1. The zero-order valence-corrected chi connectivity index (χ0v) is 41.6. The molecule has 3 heteroatoms. The molecule has 10 aromatic rings. The molecule has 0 saturated heterocycles. The fraction of sp³-hybridized carbons (Fsp3) is 0.194. The minimum Gasteiger partial charge on any atom is -0.310 e. The Balaban J connectivity index is 0.880. The molecule has 3 saturated carbocycles. The summed E-state index contributed by atoms with van der Waals surface area (Å²) in [5.74, 6) is 2.99. The topological polar surface area (TPSA) is 3.24 Å². The molecule has 3 fully saturated rings. The number of anilines is 3. The lowest BCUT2D eigenvalue weighted by molar-refractivity contribution is 0.0447. The Morgan fingerprint density at radius 1 is 0.457 bits per heavy atom. The minimum absolute atomic E-state index is 0.0520. The van der Waals surface area contributed by atoms with Gasteiger partial charge in [0.1, 0.15) is 5.82 Å². The molecule has 0 aromatic heterocycles. The van der Waals surface area contributed by atoms with E-state index in [0.717, 1.165) is 40.4 Å². The Morgan fingerprint density at radius 2 is 1.04 bits per heavy atom. The Bertz CT molecular complexity index is 3840. The maximum absolute atomic E-state index is 15.4. The van der Waals surface area contributed by atoms with E-state index < -0.39 is 0 Å². The lowest BCUT2D eigenvalue weighted by Crippen LogP contribution is -2.52. The highest BCUT2D eigenvalue weighted by molar-refractivity contribution is 14.1. The second-order valence-corrected chi connectivity index (χ2v) is 23.3. The van der Waals surface area contributed by atoms with Crippen LogP contribution in [-0.4, -0.2) is 3.92 Å². The van der Waals surface area contributed by atoms with E-state index in [1.165, 1.54) is 119 Å². The van der Waals surface area contributed by atoms with Crippen molar-refractivity contribution in [3.8, 4) is 44.5 Å². The zero-order chi connectivity index (χ0) is 46.6. The SMILES string of the molecule is CC1(C)c2ccc(-c3ccc4c(c3)-c3cc(F)ccc3C43C(I)CC4CC5CC3C5C4)cc2-c2cc(N(c3ccc(-c4cccc5ccccc45)cc3)c3cc4ccccc4c4ccccc34)ccc21. The quantitative estimate of drug-likeness (QED) is 0.0943. The first-order chi connectivity index (χ1) is 34.2. The Hall–Kier alpha value is -6.56. The van der Waals surface area contributed by atoms with Gasteiger partial charge in [-0.3, -0.25) is 0 Å². The van der Waals surface area contributed by atoms with E-state index in [1.807, 2.05) is 6.07 Å². The highest BCUT2D eigenvalue weighted by Crippen LogP contribution is 2.71. The van der Waals surface area contributed by atoms with Gasteiger partial charge in [0, 0.05) is 31.5 Å². The monoisotopic (exact) mass is 1020 g/mol. The molecule has 10 aromatic carbocycles. The number of benzene rings is 10. The van der Waals surface area contributed by atoms with Crippen LogP contribution in [0.4, 0.5) is 21.5 Å². The molecule has 0 aliphatic heterocycles. The Morgan fingerprint density at radius 3 is 1.83 bits per heavy atom. The first-order valence-corrected chi connectivity index (χ1v) is 26.7. The van der Waals surface area contributed by atoms with E-state index in [9.17, 15) is 0 Å². The molecule has 0 N–H and O–H groups in total. The molecule has 0 heterocycles. The summed E-state index contributed by atoms with van der Waals surface area (Å²) < 4.78 is 15.9. The lowest BCUT2D eigenvalue weighted by Gasteiger charge is -2.54. The van der Waals surface area contributed by atoms with Crippen LogP contribution in [-0.2, 0) is 10.8 Å². The molecule has 2 bridgehead atoms. The number of rotatable bonds is 5. The predicted octanol–water partition coefficient (Wildman–Crippen LogP) is 18.5. The first-order valence-electron chi connectivity index (χ1n) is 25.4. The van der Waals surface area contributed by atoms with Gasteiger partial charge in [-0.15, -0.1) is 0 Å². The van der Waals surface area contributed by atoms with Crippen LogP contribution in [0, 0.1) is 29.5 Å². The zero-order valence-electron chi connectivity index (χ0n) is 39.4. The third kappa shape index (κ3) is 5.70. The van der Waals surface area contributed by atoms with Crippen LogP contribution in [0.25, 0.3) is 76.8 Å². The van der Waals surface area contributed by atoms with Crippen molar-refractivity contribution in [3.63, 3.8) is 0 Å². The van der Waals surface area contributed by atoms with E-state index in [4.69, 9.17) is 0 Å². The van der Waals surface area contributed by atoms with Gasteiger partial charge in [0.05, 0.1) is 5.69 Å². The highest BCUT2D eigenvalue weighted by atomic mass is 127. The van der Waals surface area contributed by atoms with E-state index >= 15 is 4.39 Å². The molecular formula is C67H51FIN. The van der Waals surface area contributed by atoms with Crippen LogP contribution in [0.2, 0.25) is 0 Å². The normalized spacial score (nSPS) is 22.9. The van der Waals surface area contributed by atoms with Gasteiger partial charge in [-0.05, 0) is 198 Å². The molecular weight excluding hydrogens is 965 g/mol. The molecule has 6 unspecified atom stereocenters. The summed E-state index contributed by atoms with van der Waals surface area (Å²) in [6.45, 7) is 4.76. The summed E-state index contributed by atoms with van der Waals surface area (Å²) in [5, 5.41) is 7.43. The van der Waals surface area contributed by atoms with Gasteiger partial charge in [0.15, 0.2) is 0 Å². The van der Waals surface area contributed by atoms with E-state index in [-0.39, 0.29) is 16.6 Å². The maximum atomic E-state index is 15.4. The van der Waals surface area contributed by atoms with Crippen LogP contribution in [0.1, 0.15) is 61.8 Å². The maximum Gasteiger partial charge on any atom is 0.123 e. The molecule has 338 valence electrons. The Kier molecular flexibility index (Phi) is 8.83. The third-order valence-corrected chi connectivity index (χ3v) is 19.7. The minimum atomic E-state index is -0.183. The van der Waals surface area contributed by atoms with Gasteiger partial charge in [-0.2, -0.15) is 0 Å². The van der Waals surface area contributed by atoms with Crippen LogP contribution in [0.15, 0.2) is 194 Å². The standard InChI is InChI=1S/C67H51FIN/c1-66(2)59-26-20-42(43-21-27-61-56(34-43)57-37-46(68)22-28-62(57)67(61)63-35-45-30-39(31-54(45)63)32-65(67)69)33-55(59)58-38-48(25-29-60(58)66)70(64-36-44-11-4-6-14-51(44)52-15-7-8-16-53(52)64)47-23-18-41(19-24-47)50-17-9-12-40-10-3-5-13-49(40)50/h3-29,33-34,36-39,45,54,63,65H,30-32,35H2,1-2H3. The van der Waals surface area contributed by atoms with Crippen molar-refractivity contribution in [2.45, 2.75) is 54.3 Å². The molecule has 0 amide bonds. The number of fused-ring (bicyclic) bond motifs is 14. The van der Waals surface area contributed by atoms with Gasteiger partial charge in [0.2, 0.25) is 0 Å².